The number of hydrogen-bond acceptors (Lipinski definition) is 8. The highest BCUT2D eigenvalue weighted by atomic mass is 35.5. The highest BCUT2D eigenvalue weighted by molar-refractivity contribution is 6.33. The molecule has 10 nitrogen and oxygen atoms in total. The van der Waals surface area contributed by atoms with Crippen molar-refractivity contribution in [3.05, 3.63) is 34.7 Å². The van der Waals surface area contributed by atoms with Crippen LogP contribution in [0.2, 0.25) is 5.02 Å². The third-order valence-corrected chi connectivity index (χ3v) is 8.11. The van der Waals surface area contributed by atoms with E-state index in [1.165, 1.54) is 6.07 Å². The van der Waals surface area contributed by atoms with E-state index in [4.69, 9.17) is 32.3 Å². The van der Waals surface area contributed by atoms with Crippen molar-refractivity contribution in [1.29, 1.82) is 5.26 Å². The fourth-order valence-electron chi connectivity index (χ4n) is 5.78. The molecule has 1 amide bonds. The molecule has 2 aliphatic carbocycles. The first-order valence-electron chi connectivity index (χ1n) is 12.4. The molecular weight excluding hydrogens is 499 g/mol. The smallest absolute Gasteiger partial charge is 0.224 e. The Morgan fingerprint density at radius 3 is 2.62 bits per heavy atom. The molecule has 0 unspecified atom stereocenters. The zero-order valence-corrected chi connectivity index (χ0v) is 20.8. The minimum absolute atomic E-state index is 0.0248. The molecule has 3 aliphatic rings. The Labute approximate surface area is 217 Å². The van der Waals surface area contributed by atoms with Crippen LogP contribution in [0, 0.1) is 28.5 Å². The first-order valence-corrected chi connectivity index (χ1v) is 12.8. The maximum Gasteiger partial charge on any atom is 0.224 e. The van der Waals surface area contributed by atoms with Crippen LogP contribution in [0.3, 0.4) is 0 Å². The maximum atomic E-state index is 14.9. The maximum absolute atomic E-state index is 14.9. The van der Waals surface area contributed by atoms with E-state index in [1.54, 1.807) is 6.20 Å². The van der Waals surface area contributed by atoms with Gasteiger partial charge in [-0.15, -0.1) is 0 Å². The summed E-state index contributed by atoms with van der Waals surface area (Å²) in [4.78, 5) is 25.6. The number of aromatic nitrogens is 4. The monoisotopic (exact) mass is 524 g/mol. The summed E-state index contributed by atoms with van der Waals surface area (Å²) in [5.41, 5.74) is 7.16. The number of anilines is 3. The number of nitrogens with one attached hydrogen (secondary N) is 2. The van der Waals surface area contributed by atoms with Gasteiger partial charge in [-0.1, -0.05) is 11.6 Å². The number of ether oxygens (including phenoxy) is 1. The van der Waals surface area contributed by atoms with Gasteiger partial charge in [0.2, 0.25) is 17.8 Å². The van der Waals surface area contributed by atoms with Gasteiger partial charge in [-0.05, 0) is 50.7 Å². The fourth-order valence-corrected chi connectivity index (χ4v) is 6.03. The molecule has 37 heavy (non-hydrogen) atoms. The van der Waals surface area contributed by atoms with Crippen molar-refractivity contribution in [3.63, 3.8) is 0 Å². The number of primary amides is 1. The second kappa shape index (κ2) is 9.11. The summed E-state index contributed by atoms with van der Waals surface area (Å²) in [6, 6.07) is 4.67. The van der Waals surface area contributed by atoms with E-state index in [0.717, 1.165) is 32.1 Å². The molecular formula is C25H26ClFN8O2. The molecule has 3 fully saturated rings. The van der Waals surface area contributed by atoms with Gasteiger partial charge < -0.3 is 21.1 Å². The van der Waals surface area contributed by atoms with Crippen LogP contribution in [-0.2, 0) is 9.53 Å². The number of halogens is 2. The van der Waals surface area contributed by atoms with Gasteiger partial charge in [-0.25, -0.2) is 14.4 Å². The van der Waals surface area contributed by atoms with Crippen LogP contribution < -0.4 is 16.4 Å². The van der Waals surface area contributed by atoms with Gasteiger partial charge in [0.15, 0.2) is 5.65 Å². The van der Waals surface area contributed by atoms with Crippen LogP contribution in [0.5, 0.6) is 0 Å². The van der Waals surface area contributed by atoms with Gasteiger partial charge in [0.05, 0.1) is 41.8 Å². The number of carbonyl (C=O) groups is 1. The molecule has 1 aliphatic heterocycles. The Hall–Kier alpha value is -3.49. The SMILES string of the molecule is N#Cc1cc(F)c(Nc2nc3cnc(NC4CC5(COC5)C4)nc3n2[C@H]2CC[C@@H](C(N)=O)CC2)c(Cl)c1. The minimum atomic E-state index is -0.660. The zero-order valence-electron chi connectivity index (χ0n) is 20.0. The van der Waals surface area contributed by atoms with E-state index in [9.17, 15) is 9.18 Å². The second-order valence-corrected chi connectivity index (χ2v) is 10.8. The number of imidazole rings is 1. The summed E-state index contributed by atoms with van der Waals surface area (Å²) in [5, 5.41) is 15.6. The molecule has 6 rings (SSSR count). The topological polar surface area (TPSA) is 144 Å². The number of rotatable bonds is 6. The van der Waals surface area contributed by atoms with Gasteiger partial charge in [-0.2, -0.15) is 10.2 Å². The van der Waals surface area contributed by atoms with E-state index in [1.807, 2.05) is 10.6 Å². The Morgan fingerprint density at radius 1 is 1.24 bits per heavy atom. The van der Waals surface area contributed by atoms with Crippen LogP contribution in [0.25, 0.3) is 11.2 Å². The van der Waals surface area contributed by atoms with Crippen molar-refractivity contribution in [1.82, 2.24) is 19.5 Å². The number of carbonyl (C=O) groups excluding carboxylic acids is 1. The van der Waals surface area contributed by atoms with Crippen molar-refractivity contribution in [2.24, 2.45) is 17.1 Å². The summed E-state index contributed by atoms with van der Waals surface area (Å²) in [7, 11) is 0. The summed E-state index contributed by atoms with van der Waals surface area (Å²) in [5.74, 6) is -0.242. The lowest BCUT2D eigenvalue weighted by atomic mass is 9.64. The Balaban J connectivity index is 1.34. The summed E-state index contributed by atoms with van der Waals surface area (Å²) in [6.45, 7) is 1.63. The molecule has 12 heteroatoms. The zero-order chi connectivity index (χ0) is 25.7. The summed E-state index contributed by atoms with van der Waals surface area (Å²) < 4.78 is 22.2. The van der Waals surface area contributed by atoms with Gasteiger partial charge in [0.1, 0.15) is 11.3 Å². The molecule has 4 N–H and O–H groups in total. The van der Waals surface area contributed by atoms with Gasteiger partial charge in [0, 0.05) is 23.4 Å². The number of amides is 1. The molecule has 1 saturated heterocycles. The second-order valence-electron chi connectivity index (χ2n) is 10.4. The van der Waals surface area contributed by atoms with Gasteiger partial charge >= 0.3 is 0 Å². The molecule has 2 saturated carbocycles. The standard InChI is InChI=1S/C25H26ClFN8O2/c26-17-5-13(9-28)6-18(27)20(17)33-24-32-19-10-30-23(31-15-7-25(8-15)11-37-12-25)34-22(19)35(24)16-3-1-14(2-4-16)21(29)36/h5-6,10,14-16H,1-4,7-8,11-12H2,(H2,29,36)(H,32,33)(H,30,31,34)/t14-,16+. The van der Waals surface area contributed by atoms with Crippen LogP contribution in [0.1, 0.15) is 50.1 Å². The van der Waals surface area contributed by atoms with Crippen molar-refractivity contribution >= 4 is 46.3 Å². The van der Waals surface area contributed by atoms with E-state index in [-0.39, 0.29) is 40.2 Å². The number of benzene rings is 1. The van der Waals surface area contributed by atoms with Crippen LogP contribution in [0.15, 0.2) is 18.3 Å². The molecule has 2 aromatic heterocycles. The average Bonchev–Trinajstić information content (AvgIpc) is 3.19. The highest BCUT2D eigenvalue weighted by Crippen LogP contribution is 2.47. The first-order chi connectivity index (χ1) is 17.8. The molecule has 0 radical (unpaired) electrons. The number of fused-ring (bicyclic) bond motifs is 1. The average molecular weight is 525 g/mol. The van der Waals surface area contributed by atoms with Crippen LogP contribution in [-0.4, -0.2) is 44.7 Å². The quantitative estimate of drug-likeness (QED) is 0.438. The first kappa shape index (κ1) is 23.9. The lowest BCUT2D eigenvalue weighted by Gasteiger charge is -2.53. The van der Waals surface area contributed by atoms with Gasteiger partial charge in [-0.3, -0.25) is 9.36 Å². The van der Waals surface area contributed by atoms with E-state index >= 15 is 0 Å². The largest absolute Gasteiger partial charge is 0.380 e. The van der Waals surface area contributed by atoms with Crippen molar-refractivity contribution in [2.45, 2.75) is 50.6 Å². The van der Waals surface area contributed by atoms with E-state index < -0.39 is 5.82 Å². The number of hydrogen-bond donors (Lipinski definition) is 3. The van der Waals surface area contributed by atoms with Crippen molar-refractivity contribution < 1.29 is 13.9 Å². The molecule has 3 aromatic rings. The van der Waals surface area contributed by atoms with E-state index in [2.05, 4.69) is 20.6 Å². The fraction of sp³-hybridized carbons (Fsp3) is 0.480. The van der Waals surface area contributed by atoms with Crippen LogP contribution >= 0.6 is 11.6 Å². The van der Waals surface area contributed by atoms with Gasteiger partial charge in [0.25, 0.3) is 0 Å². The van der Waals surface area contributed by atoms with Crippen LogP contribution in [0.4, 0.5) is 22.0 Å². The lowest BCUT2D eigenvalue weighted by Crippen LogP contribution is -2.56. The third-order valence-electron chi connectivity index (χ3n) is 7.81. The Bertz CT molecular complexity index is 1390. The summed E-state index contributed by atoms with van der Waals surface area (Å²) >= 11 is 6.31. The lowest BCUT2D eigenvalue weighted by molar-refractivity contribution is -0.160. The number of nitriles is 1. The van der Waals surface area contributed by atoms with E-state index in [0.29, 0.717) is 54.2 Å². The Kier molecular flexibility index (Phi) is 5.88. The molecule has 0 bridgehead atoms. The summed E-state index contributed by atoms with van der Waals surface area (Å²) in [6.07, 6.45) is 6.37. The minimum Gasteiger partial charge on any atom is -0.380 e. The number of nitrogens with two attached hydrogens (primary N) is 1. The predicted molar refractivity (Wildman–Crippen MR) is 135 cm³/mol. The normalized spacial score (nSPS) is 22.7. The number of nitrogens with zero attached hydrogens (tertiary/aromatic N) is 5. The predicted octanol–water partition coefficient (Wildman–Crippen LogP) is 4.04. The molecule has 0 atom stereocenters. The Morgan fingerprint density at radius 2 is 2.00 bits per heavy atom. The highest BCUT2D eigenvalue weighted by Gasteiger charge is 2.50. The molecule has 1 aromatic carbocycles. The molecule has 1 spiro atoms. The molecule has 3 heterocycles. The van der Waals surface area contributed by atoms with Crippen molar-refractivity contribution in [2.75, 3.05) is 23.8 Å². The molecule has 192 valence electrons. The van der Waals surface area contributed by atoms with Crippen molar-refractivity contribution in [3.8, 4) is 6.07 Å². The third kappa shape index (κ3) is 4.34.